The van der Waals surface area contributed by atoms with Gasteiger partial charge in [-0.25, -0.2) is 0 Å². The van der Waals surface area contributed by atoms with Gasteiger partial charge in [-0.3, -0.25) is 0 Å². The summed E-state index contributed by atoms with van der Waals surface area (Å²) in [6.07, 6.45) is 1.99. The SMILES string of the molecule is CCC(C)(C(N)Cc1sccc1Br)N(C)C. The van der Waals surface area contributed by atoms with Crippen LogP contribution in [-0.2, 0) is 6.42 Å². The van der Waals surface area contributed by atoms with Gasteiger partial charge in [0.15, 0.2) is 0 Å². The van der Waals surface area contributed by atoms with Crippen LogP contribution in [0, 0.1) is 0 Å². The van der Waals surface area contributed by atoms with Crippen molar-refractivity contribution in [2.45, 2.75) is 38.3 Å². The van der Waals surface area contributed by atoms with Crippen LogP contribution < -0.4 is 5.73 Å². The molecular formula is C12H21BrN2S. The van der Waals surface area contributed by atoms with E-state index < -0.39 is 0 Å². The second kappa shape index (κ2) is 5.63. The molecule has 0 fully saturated rings. The fourth-order valence-electron chi connectivity index (χ4n) is 1.80. The molecule has 0 bridgehead atoms. The summed E-state index contributed by atoms with van der Waals surface area (Å²) in [6, 6.07) is 2.24. The molecule has 0 amide bonds. The van der Waals surface area contributed by atoms with Crippen LogP contribution in [0.4, 0.5) is 0 Å². The fraction of sp³-hybridized carbons (Fsp3) is 0.667. The third kappa shape index (κ3) is 2.86. The average molecular weight is 305 g/mol. The van der Waals surface area contributed by atoms with Crippen molar-refractivity contribution in [2.24, 2.45) is 5.73 Å². The Morgan fingerprint density at radius 3 is 2.56 bits per heavy atom. The lowest BCUT2D eigenvalue weighted by atomic mass is 9.86. The molecule has 2 N–H and O–H groups in total. The molecule has 2 nitrogen and oxygen atoms in total. The number of rotatable bonds is 5. The summed E-state index contributed by atoms with van der Waals surface area (Å²) in [6.45, 7) is 4.43. The number of hydrogen-bond donors (Lipinski definition) is 1. The van der Waals surface area contributed by atoms with Gasteiger partial charge in [-0.1, -0.05) is 6.92 Å². The van der Waals surface area contributed by atoms with Crippen molar-refractivity contribution >= 4 is 27.3 Å². The van der Waals surface area contributed by atoms with E-state index in [0.717, 1.165) is 12.8 Å². The topological polar surface area (TPSA) is 29.3 Å². The van der Waals surface area contributed by atoms with Gasteiger partial charge < -0.3 is 10.6 Å². The van der Waals surface area contributed by atoms with Crippen molar-refractivity contribution in [3.05, 3.63) is 20.8 Å². The summed E-state index contributed by atoms with van der Waals surface area (Å²) in [5.41, 5.74) is 6.43. The van der Waals surface area contributed by atoms with Crippen LogP contribution in [0.15, 0.2) is 15.9 Å². The first kappa shape index (κ1) is 14.2. The summed E-state index contributed by atoms with van der Waals surface area (Å²) in [5.74, 6) is 0. The highest BCUT2D eigenvalue weighted by Gasteiger charge is 2.32. The van der Waals surface area contributed by atoms with Crippen molar-refractivity contribution in [3.8, 4) is 0 Å². The molecule has 92 valence electrons. The zero-order chi connectivity index (χ0) is 12.3. The first-order valence-electron chi connectivity index (χ1n) is 5.56. The minimum Gasteiger partial charge on any atom is -0.326 e. The Kier molecular flexibility index (Phi) is 4.98. The molecule has 0 saturated carbocycles. The third-order valence-electron chi connectivity index (χ3n) is 3.63. The molecule has 2 unspecified atom stereocenters. The summed E-state index contributed by atoms with van der Waals surface area (Å²) in [5, 5.41) is 2.10. The van der Waals surface area contributed by atoms with Gasteiger partial charge in [0, 0.05) is 20.9 Å². The molecule has 1 rings (SSSR count). The third-order valence-corrected chi connectivity index (χ3v) is 5.58. The zero-order valence-electron chi connectivity index (χ0n) is 10.5. The zero-order valence-corrected chi connectivity index (χ0v) is 12.9. The molecule has 0 aliphatic heterocycles. The van der Waals surface area contributed by atoms with Gasteiger partial charge >= 0.3 is 0 Å². The summed E-state index contributed by atoms with van der Waals surface area (Å²) in [7, 11) is 4.21. The van der Waals surface area contributed by atoms with Crippen LogP contribution in [0.25, 0.3) is 0 Å². The van der Waals surface area contributed by atoms with E-state index in [1.165, 1.54) is 9.35 Å². The van der Waals surface area contributed by atoms with Gasteiger partial charge in [0.2, 0.25) is 0 Å². The first-order chi connectivity index (χ1) is 7.41. The molecule has 0 saturated heterocycles. The minimum atomic E-state index is 0.0590. The molecule has 0 aliphatic rings. The number of nitrogens with zero attached hydrogens (tertiary/aromatic N) is 1. The Balaban J connectivity index is 2.78. The highest BCUT2D eigenvalue weighted by molar-refractivity contribution is 9.10. The van der Waals surface area contributed by atoms with Crippen LogP contribution >= 0.6 is 27.3 Å². The van der Waals surface area contributed by atoms with Gasteiger partial charge in [0.05, 0.1) is 0 Å². The van der Waals surface area contributed by atoms with Crippen molar-refractivity contribution < 1.29 is 0 Å². The Morgan fingerprint density at radius 2 is 2.19 bits per heavy atom. The minimum absolute atomic E-state index is 0.0590. The van der Waals surface area contributed by atoms with E-state index in [4.69, 9.17) is 5.73 Å². The van der Waals surface area contributed by atoms with Crippen molar-refractivity contribution in [3.63, 3.8) is 0 Å². The van der Waals surface area contributed by atoms with Crippen molar-refractivity contribution in [1.82, 2.24) is 4.90 Å². The van der Waals surface area contributed by atoms with Gasteiger partial charge in [-0.05, 0) is 61.2 Å². The average Bonchev–Trinajstić information content (AvgIpc) is 2.62. The molecule has 0 spiro atoms. The van der Waals surface area contributed by atoms with Crippen LogP contribution in [0.3, 0.4) is 0 Å². The number of halogens is 1. The van der Waals surface area contributed by atoms with Gasteiger partial charge in [-0.15, -0.1) is 11.3 Å². The lowest BCUT2D eigenvalue weighted by molar-refractivity contribution is 0.131. The van der Waals surface area contributed by atoms with Crippen LogP contribution in [-0.4, -0.2) is 30.6 Å². The number of hydrogen-bond acceptors (Lipinski definition) is 3. The van der Waals surface area contributed by atoms with Gasteiger partial charge in [-0.2, -0.15) is 0 Å². The standard InChI is InChI=1S/C12H21BrN2S/c1-5-12(2,15(3)4)11(14)8-10-9(13)6-7-16-10/h6-7,11H,5,8,14H2,1-4H3. The van der Waals surface area contributed by atoms with E-state index in [2.05, 4.69) is 60.2 Å². The molecule has 16 heavy (non-hydrogen) atoms. The Labute approximate surface area is 111 Å². The van der Waals surface area contributed by atoms with Crippen LogP contribution in [0.1, 0.15) is 25.1 Å². The number of thiophene rings is 1. The maximum absolute atomic E-state index is 6.37. The Bertz CT molecular complexity index is 338. The maximum Gasteiger partial charge on any atom is 0.0327 e. The second-order valence-electron chi connectivity index (χ2n) is 4.61. The lowest BCUT2D eigenvalue weighted by Gasteiger charge is -2.40. The molecular weight excluding hydrogens is 284 g/mol. The molecule has 0 aliphatic carbocycles. The van der Waals surface area contributed by atoms with Gasteiger partial charge in [0.25, 0.3) is 0 Å². The quantitative estimate of drug-likeness (QED) is 0.905. The molecule has 1 aromatic heterocycles. The number of nitrogens with two attached hydrogens (primary N) is 1. The van der Waals surface area contributed by atoms with Gasteiger partial charge in [0.1, 0.15) is 0 Å². The fourth-order valence-corrected chi connectivity index (χ4v) is 3.37. The van der Waals surface area contributed by atoms with Crippen LogP contribution in [0.5, 0.6) is 0 Å². The molecule has 4 heteroatoms. The highest BCUT2D eigenvalue weighted by atomic mass is 79.9. The number of likely N-dealkylation sites (N-methyl/N-ethyl adjacent to an activating group) is 1. The Hall–Kier alpha value is 0.1000. The van der Waals surface area contributed by atoms with Crippen molar-refractivity contribution in [1.29, 1.82) is 0 Å². The molecule has 0 radical (unpaired) electrons. The van der Waals surface area contributed by atoms with E-state index in [1.54, 1.807) is 11.3 Å². The maximum atomic E-state index is 6.37. The van der Waals surface area contributed by atoms with E-state index in [1.807, 2.05) is 0 Å². The van der Waals surface area contributed by atoms with E-state index in [0.29, 0.717) is 0 Å². The normalized spacial score (nSPS) is 17.4. The highest BCUT2D eigenvalue weighted by Crippen LogP contribution is 2.28. The van der Waals surface area contributed by atoms with E-state index in [-0.39, 0.29) is 11.6 Å². The van der Waals surface area contributed by atoms with Crippen LogP contribution in [0.2, 0.25) is 0 Å². The summed E-state index contributed by atoms with van der Waals surface area (Å²) < 4.78 is 1.19. The molecule has 0 aromatic carbocycles. The summed E-state index contributed by atoms with van der Waals surface area (Å²) in [4.78, 5) is 3.58. The van der Waals surface area contributed by atoms with Crippen molar-refractivity contribution in [2.75, 3.05) is 14.1 Å². The first-order valence-corrected chi connectivity index (χ1v) is 7.24. The lowest BCUT2D eigenvalue weighted by Crippen LogP contribution is -2.55. The predicted molar refractivity (Wildman–Crippen MR) is 76.1 cm³/mol. The Morgan fingerprint density at radius 1 is 1.56 bits per heavy atom. The van der Waals surface area contributed by atoms with E-state index in [9.17, 15) is 0 Å². The smallest absolute Gasteiger partial charge is 0.0327 e. The predicted octanol–water partition coefficient (Wildman–Crippen LogP) is 3.11. The molecule has 1 heterocycles. The monoisotopic (exact) mass is 304 g/mol. The van der Waals surface area contributed by atoms with E-state index >= 15 is 0 Å². The second-order valence-corrected chi connectivity index (χ2v) is 6.46. The largest absolute Gasteiger partial charge is 0.326 e. The molecule has 1 aromatic rings. The summed E-state index contributed by atoms with van der Waals surface area (Å²) >= 11 is 5.33. The molecule has 2 atom stereocenters.